The van der Waals surface area contributed by atoms with Crippen LogP contribution in [0.1, 0.15) is 23.5 Å². The predicted octanol–water partition coefficient (Wildman–Crippen LogP) is 3.38. The van der Waals surface area contributed by atoms with Crippen LogP contribution in [-0.4, -0.2) is 55.2 Å². The second-order valence-corrected chi connectivity index (χ2v) is 7.24. The van der Waals surface area contributed by atoms with Crippen LogP contribution in [0.2, 0.25) is 0 Å². The minimum Gasteiger partial charge on any atom is -0.379 e. The van der Waals surface area contributed by atoms with Gasteiger partial charge >= 0.3 is 0 Å². The average molecular weight is 336 g/mol. The molecule has 2 aliphatic rings. The number of piperidine rings is 1. The van der Waals surface area contributed by atoms with Crippen molar-refractivity contribution in [2.45, 2.75) is 24.9 Å². The summed E-state index contributed by atoms with van der Waals surface area (Å²) in [6, 6.07) is 22.6. The topological polar surface area (TPSA) is 15.7 Å². The van der Waals surface area contributed by atoms with Crippen molar-refractivity contribution in [3.8, 4) is 0 Å². The van der Waals surface area contributed by atoms with Crippen LogP contribution in [0.25, 0.3) is 0 Å². The molecule has 0 aromatic heterocycles. The maximum absolute atomic E-state index is 5.58. The largest absolute Gasteiger partial charge is 0.379 e. The second-order valence-electron chi connectivity index (χ2n) is 7.24. The molecule has 2 aromatic carbocycles. The Morgan fingerprint density at radius 3 is 2.24 bits per heavy atom. The molecule has 0 N–H and O–H groups in total. The van der Waals surface area contributed by atoms with E-state index in [0.717, 1.165) is 39.4 Å². The summed E-state index contributed by atoms with van der Waals surface area (Å²) in [5.74, 6) is 0.580. The highest BCUT2D eigenvalue weighted by atomic mass is 16.5. The Hall–Kier alpha value is -1.68. The lowest BCUT2D eigenvalue weighted by atomic mass is 9.84. The number of morpholine rings is 1. The number of hydrogen-bond donors (Lipinski definition) is 0. The molecule has 2 atom stereocenters. The van der Waals surface area contributed by atoms with Crippen molar-refractivity contribution in [2.75, 3.05) is 39.4 Å². The van der Waals surface area contributed by atoms with E-state index >= 15 is 0 Å². The molecular formula is C22H28N2O. The molecule has 0 spiro atoms. The second kappa shape index (κ2) is 8.13. The Morgan fingerprint density at radius 1 is 0.840 bits per heavy atom. The van der Waals surface area contributed by atoms with Gasteiger partial charge in [-0.3, -0.25) is 9.80 Å². The molecule has 132 valence electrons. The van der Waals surface area contributed by atoms with Crippen molar-refractivity contribution >= 4 is 0 Å². The van der Waals surface area contributed by atoms with E-state index in [9.17, 15) is 0 Å². The fourth-order valence-corrected chi connectivity index (χ4v) is 4.37. The summed E-state index contributed by atoms with van der Waals surface area (Å²) >= 11 is 0. The molecule has 0 aliphatic carbocycles. The Labute approximate surface area is 151 Å². The predicted molar refractivity (Wildman–Crippen MR) is 102 cm³/mol. The molecule has 2 heterocycles. The molecule has 3 nitrogen and oxygen atoms in total. The van der Waals surface area contributed by atoms with Crippen molar-refractivity contribution in [2.24, 2.45) is 0 Å². The molecule has 0 unspecified atom stereocenters. The number of rotatable bonds is 4. The molecule has 2 fully saturated rings. The molecule has 3 heteroatoms. The molecule has 0 bridgehead atoms. The van der Waals surface area contributed by atoms with E-state index in [1.165, 1.54) is 24.1 Å². The zero-order valence-corrected chi connectivity index (χ0v) is 14.9. The van der Waals surface area contributed by atoms with E-state index in [1.54, 1.807) is 0 Å². The van der Waals surface area contributed by atoms with Gasteiger partial charge in [-0.15, -0.1) is 0 Å². The highest BCUT2D eigenvalue weighted by Crippen LogP contribution is 2.32. The molecule has 2 aliphatic heterocycles. The van der Waals surface area contributed by atoms with Gasteiger partial charge in [0.15, 0.2) is 0 Å². The Bertz CT molecular complexity index is 640. The number of hydrogen-bond acceptors (Lipinski definition) is 3. The third-order valence-electron chi connectivity index (χ3n) is 5.65. The van der Waals surface area contributed by atoms with Crippen molar-refractivity contribution in [3.05, 3.63) is 71.8 Å². The standard InChI is InChI=1S/C22H28N2O/c1-3-7-19(8-4-1)17-23-12-11-22(24-13-15-25-16-14-24)21(18-23)20-9-5-2-6-10-20/h1-10,21-22H,11-18H2/t21-,22-/m0/s1. The molecule has 2 aromatic rings. The van der Waals surface area contributed by atoms with Crippen LogP contribution in [0.15, 0.2) is 60.7 Å². The van der Waals surface area contributed by atoms with Crippen molar-refractivity contribution in [3.63, 3.8) is 0 Å². The number of benzene rings is 2. The first-order valence-corrected chi connectivity index (χ1v) is 9.53. The van der Waals surface area contributed by atoms with E-state index in [4.69, 9.17) is 4.74 Å². The SMILES string of the molecule is c1ccc(CN2CC[C@H](N3CCOCC3)[C@H](c3ccccc3)C2)cc1. The highest BCUT2D eigenvalue weighted by Gasteiger charge is 2.34. The summed E-state index contributed by atoms with van der Waals surface area (Å²) in [5.41, 5.74) is 2.90. The van der Waals surface area contributed by atoms with Crippen molar-refractivity contribution in [1.82, 2.24) is 9.80 Å². The highest BCUT2D eigenvalue weighted by molar-refractivity contribution is 5.23. The Kier molecular flexibility index (Phi) is 5.46. The van der Waals surface area contributed by atoms with Crippen LogP contribution in [0, 0.1) is 0 Å². The average Bonchev–Trinajstić information content (AvgIpc) is 2.70. The number of nitrogens with zero attached hydrogens (tertiary/aromatic N) is 2. The van der Waals surface area contributed by atoms with Crippen LogP contribution >= 0.6 is 0 Å². The molecular weight excluding hydrogens is 308 g/mol. The Balaban J connectivity index is 1.51. The van der Waals surface area contributed by atoms with Crippen LogP contribution in [0.5, 0.6) is 0 Å². The van der Waals surface area contributed by atoms with E-state index in [2.05, 4.69) is 70.5 Å². The lowest BCUT2D eigenvalue weighted by molar-refractivity contribution is -0.00731. The van der Waals surface area contributed by atoms with E-state index in [1.807, 2.05) is 0 Å². The molecule has 2 saturated heterocycles. The van der Waals surface area contributed by atoms with Crippen LogP contribution < -0.4 is 0 Å². The number of ether oxygens (including phenoxy) is 1. The zero-order chi connectivity index (χ0) is 16.9. The molecule has 0 radical (unpaired) electrons. The van der Waals surface area contributed by atoms with Gasteiger partial charge in [0.25, 0.3) is 0 Å². The van der Waals surface area contributed by atoms with E-state index in [0.29, 0.717) is 12.0 Å². The normalized spacial score (nSPS) is 25.8. The fourth-order valence-electron chi connectivity index (χ4n) is 4.37. The van der Waals surface area contributed by atoms with Gasteiger partial charge in [-0.25, -0.2) is 0 Å². The van der Waals surface area contributed by atoms with E-state index in [-0.39, 0.29) is 0 Å². The number of likely N-dealkylation sites (tertiary alicyclic amines) is 1. The van der Waals surface area contributed by atoms with Gasteiger partial charge in [-0.05, 0) is 17.5 Å². The third-order valence-corrected chi connectivity index (χ3v) is 5.65. The monoisotopic (exact) mass is 336 g/mol. The van der Waals surface area contributed by atoms with Gasteiger partial charge < -0.3 is 4.74 Å². The van der Waals surface area contributed by atoms with Crippen LogP contribution in [0.4, 0.5) is 0 Å². The maximum Gasteiger partial charge on any atom is 0.0594 e. The smallest absolute Gasteiger partial charge is 0.0594 e. The van der Waals surface area contributed by atoms with Crippen LogP contribution in [0.3, 0.4) is 0 Å². The summed E-state index contributed by atoms with van der Waals surface area (Å²) in [6.07, 6.45) is 1.24. The fraction of sp³-hybridized carbons (Fsp3) is 0.455. The van der Waals surface area contributed by atoms with Crippen molar-refractivity contribution < 1.29 is 4.74 Å². The van der Waals surface area contributed by atoms with E-state index < -0.39 is 0 Å². The minimum atomic E-state index is 0.580. The molecule has 25 heavy (non-hydrogen) atoms. The zero-order valence-electron chi connectivity index (χ0n) is 14.9. The molecule has 4 rings (SSSR count). The van der Waals surface area contributed by atoms with Gasteiger partial charge in [-0.2, -0.15) is 0 Å². The molecule has 0 saturated carbocycles. The summed E-state index contributed by atoms with van der Waals surface area (Å²) in [5, 5.41) is 0. The van der Waals surface area contributed by atoms with Gasteiger partial charge in [0.2, 0.25) is 0 Å². The first kappa shape index (κ1) is 16.8. The maximum atomic E-state index is 5.58. The Morgan fingerprint density at radius 2 is 1.52 bits per heavy atom. The first-order valence-electron chi connectivity index (χ1n) is 9.53. The lowest BCUT2D eigenvalue weighted by Crippen LogP contribution is -2.52. The van der Waals surface area contributed by atoms with Gasteiger partial charge in [0.05, 0.1) is 13.2 Å². The van der Waals surface area contributed by atoms with Gasteiger partial charge in [0, 0.05) is 44.7 Å². The van der Waals surface area contributed by atoms with Gasteiger partial charge in [-0.1, -0.05) is 60.7 Å². The van der Waals surface area contributed by atoms with Crippen molar-refractivity contribution in [1.29, 1.82) is 0 Å². The summed E-state index contributed by atoms with van der Waals surface area (Å²) in [4.78, 5) is 5.30. The third kappa shape index (κ3) is 4.12. The lowest BCUT2D eigenvalue weighted by Gasteiger charge is -2.45. The minimum absolute atomic E-state index is 0.580. The first-order chi connectivity index (χ1) is 12.4. The molecule has 0 amide bonds. The van der Waals surface area contributed by atoms with Gasteiger partial charge in [0.1, 0.15) is 0 Å². The summed E-state index contributed by atoms with van der Waals surface area (Å²) < 4.78 is 5.58. The summed E-state index contributed by atoms with van der Waals surface area (Å²) in [7, 11) is 0. The summed E-state index contributed by atoms with van der Waals surface area (Å²) in [6.45, 7) is 7.29. The quantitative estimate of drug-likeness (QED) is 0.851. The van der Waals surface area contributed by atoms with Crippen LogP contribution in [-0.2, 0) is 11.3 Å².